The Morgan fingerprint density at radius 1 is 1.42 bits per heavy atom. The summed E-state index contributed by atoms with van der Waals surface area (Å²) in [5, 5.41) is 28.3. The highest BCUT2D eigenvalue weighted by Gasteiger charge is 2.54. The van der Waals surface area contributed by atoms with Crippen LogP contribution in [0.15, 0.2) is 39.9 Å². The van der Waals surface area contributed by atoms with Crippen LogP contribution in [0.5, 0.6) is 0 Å². The van der Waals surface area contributed by atoms with Crippen LogP contribution in [0.4, 0.5) is 5.13 Å². The fourth-order valence-electron chi connectivity index (χ4n) is 3.56. The maximum Gasteiger partial charge on any atom is 0.352 e. The molecule has 0 radical (unpaired) electrons. The van der Waals surface area contributed by atoms with E-state index in [2.05, 4.69) is 35.1 Å². The van der Waals surface area contributed by atoms with Crippen LogP contribution < -0.4 is 11.1 Å². The molecule has 18 heteroatoms. The van der Waals surface area contributed by atoms with Gasteiger partial charge in [0, 0.05) is 23.0 Å². The fraction of sp³-hybridized carbons (Fsp3) is 0.278. The summed E-state index contributed by atoms with van der Waals surface area (Å²) >= 11 is 3.56. The van der Waals surface area contributed by atoms with Gasteiger partial charge in [0.15, 0.2) is 10.8 Å². The number of nitrogens with two attached hydrogens (primary N) is 1. The molecule has 15 nitrogen and oxygen atoms in total. The molecule has 0 saturated carbocycles. The molecular weight excluding hydrogens is 532 g/mol. The first-order valence-electron chi connectivity index (χ1n) is 10.1. The standard InChI is InChI=1S/C18H16N10O5S3/c1-33-25-10(13-22-18(19)36-26-13)14(29)21-11-15(30)28-12(17(31)32)7(5-35-16(11)28)4-34-9-3-2-8-23-20-6-27(8)24-9/h2-3,6,11,16H,4-5H2,1H3,(H,21,29)(H,31,32)(H2,19,22,26)/b25-10-/t11-,16-/m1/s1. The van der Waals surface area contributed by atoms with Crippen LogP contribution in [0.2, 0.25) is 0 Å². The molecule has 1 saturated heterocycles. The van der Waals surface area contributed by atoms with Crippen molar-refractivity contribution in [1.29, 1.82) is 0 Å². The van der Waals surface area contributed by atoms with Crippen molar-refractivity contribution in [2.75, 3.05) is 24.3 Å². The summed E-state index contributed by atoms with van der Waals surface area (Å²) in [5.74, 6) is -1.89. The minimum Gasteiger partial charge on any atom is -0.477 e. The van der Waals surface area contributed by atoms with Gasteiger partial charge in [-0.25, -0.2) is 4.79 Å². The minimum absolute atomic E-state index is 0.0412. The number of hydrogen-bond acceptors (Lipinski definition) is 14. The highest BCUT2D eigenvalue weighted by Crippen LogP contribution is 2.41. The molecule has 2 aliphatic heterocycles. The molecule has 1 fully saturated rings. The van der Waals surface area contributed by atoms with E-state index in [1.807, 2.05) is 0 Å². The van der Waals surface area contributed by atoms with Crippen LogP contribution in [-0.4, -0.2) is 92.7 Å². The van der Waals surface area contributed by atoms with Crippen molar-refractivity contribution in [3.63, 3.8) is 0 Å². The Balaban J connectivity index is 1.30. The topological polar surface area (TPSA) is 203 Å². The van der Waals surface area contributed by atoms with Gasteiger partial charge >= 0.3 is 5.97 Å². The summed E-state index contributed by atoms with van der Waals surface area (Å²) in [5.41, 5.74) is 6.40. The third-order valence-corrected chi connectivity index (χ3v) is 8.01. The number of carbonyl (C=O) groups is 3. The normalized spacial score (nSPS) is 19.8. The summed E-state index contributed by atoms with van der Waals surface area (Å²) in [4.78, 5) is 47.7. The van der Waals surface area contributed by atoms with E-state index in [1.165, 1.54) is 46.4 Å². The minimum atomic E-state index is -1.22. The molecule has 2 amide bonds. The first kappa shape index (κ1) is 23.9. The molecule has 4 N–H and O–H groups in total. The van der Waals surface area contributed by atoms with E-state index in [1.54, 1.807) is 12.1 Å². The molecule has 0 unspecified atom stereocenters. The fourth-order valence-corrected chi connectivity index (χ4v) is 6.34. The molecule has 0 bridgehead atoms. The number of nitrogens with one attached hydrogen (secondary N) is 1. The Morgan fingerprint density at radius 3 is 2.97 bits per heavy atom. The van der Waals surface area contributed by atoms with Gasteiger partial charge in [0.2, 0.25) is 11.5 Å². The average molecular weight is 549 g/mol. The summed E-state index contributed by atoms with van der Waals surface area (Å²) < 4.78 is 5.46. The zero-order valence-electron chi connectivity index (χ0n) is 18.3. The zero-order chi connectivity index (χ0) is 25.4. The Bertz CT molecular complexity index is 1440. The van der Waals surface area contributed by atoms with Gasteiger partial charge in [0.25, 0.3) is 11.8 Å². The van der Waals surface area contributed by atoms with Crippen molar-refractivity contribution in [3.8, 4) is 0 Å². The summed E-state index contributed by atoms with van der Waals surface area (Å²) in [6.45, 7) is 0. The molecule has 5 rings (SSSR count). The van der Waals surface area contributed by atoms with Crippen molar-refractivity contribution in [2.45, 2.75) is 16.4 Å². The van der Waals surface area contributed by atoms with Gasteiger partial charge in [-0.2, -0.15) is 19.0 Å². The Kier molecular flexibility index (Phi) is 6.46. The maximum absolute atomic E-state index is 12.9. The summed E-state index contributed by atoms with van der Waals surface area (Å²) in [6, 6.07) is 2.56. The number of aliphatic carboxylic acids is 1. The summed E-state index contributed by atoms with van der Waals surface area (Å²) in [7, 11) is 1.25. The highest BCUT2D eigenvalue weighted by molar-refractivity contribution is 8.01. The second kappa shape index (κ2) is 9.70. The Morgan fingerprint density at radius 2 is 2.25 bits per heavy atom. The number of nitrogens with zero attached hydrogens (tertiary/aromatic N) is 8. The predicted octanol–water partition coefficient (Wildman–Crippen LogP) is -0.561. The molecule has 0 aromatic carbocycles. The number of carboxylic acid groups (broad SMARTS) is 1. The molecule has 36 heavy (non-hydrogen) atoms. The number of fused-ring (bicyclic) bond motifs is 2. The van der Waals surface area contributed by atoms with Crippen molar-refractivity contribution < 1.29 is 24.3 Å². The monoisotopic (exact) mass is 548 g/mol. The molecule has 5 heterocycles. The van der Waals surface area contributed by atoms with E-state index >= 15 is 0 Å². The number of carboxylic acids is 1. The van der Waals surface area contributed by atoms with Gasteiger partial charge in [-0.1, -0.05) is 5.16 Å². The largest absolute Gasteiger partial charge is 0.477 e. The SMILES string of the molecule is CO/N=C(\C(=O)N[C@@H]1C(=O)N2C(C(=O)O)=C(CSc3ccc4nncn4n3)CS[C@H]12)c1nsc(N)n1. The van der Waals surface area contributed by atoms with Gasteiger partial charge in [0.1, 0.15) is 35.6 Å². The lowest BCUT2D eigenvalue weighted by atomic mass is 10.0. The van der Waals surface area contributed by atoms with Crippen LogP contribution in [0.1, 0.15) is 5.82 Å². The number of aromatic nitrogens is 6. The number of hydrogen-bond donors (Lipinski definition) is 3. The lowest BCUT2D eigenvalue weighted by Gasteiger charge is -2.49. The van der Waals surface area contributed by atoms with Crippen molar-refractivity contribution >= 4 is 69.3 Å². The first-order chi connectivity index (χ1) is 17.4. The van der Waals surface area contributed by atoms with E-state index in [0.29, 0.717) is 27.8 Å². The summed E-state index contributed by atoms with van der Waals surface area (Å²) in [6.07, 6.45) is 1.47. The highest BCUT2D eigenvalue weighted by atomic mass is 32.2. The van der Waals surface area contributed by atoms with Crippen molar-refractivity contribution in [3.05, 3.63) is 35.6 Å². The van der Waals surface area contributed by atoms with Crippen LogP contribution in [-0.2, 0) is 19.2 Å². The van der Waals surface area contributed by atoms with Crippen LogP contribution >= 0.6 is 35.1 Å². The first-order valence-corrected chi connectivity index (χ1v) is 12.9. The lowest BCUT2D eigenvalue weighted by molar-refractivity contribution is -0.150. The second-order valence-electron chi connectivity index (χ2n) is 7.29. The van der Waals surface area contributed by atoms with Gasteiger partial charge in [-0.15, -0.1) is 33.7 Å². The number of oxime groups is 1. The van der Waals surface area contributed by atoms with E-state index in [4.69, 9.17) is 10.6 Å². The molecule has 0 aliphatic carbocycles. The van der Waals surface area contributed by atoms with Crippen LogP contribution in [0.25, 0.3) is 5.65 Å². The lowest BCUT2D eigenvalue weighted by Crippen LogP contribution is -2.71. The third kappa shape index (κ3) is 4.33. The van der Waals surface area contributed by atoms with Crippen LogP contribution in [0, 0.1) is 0 Å². The van der Waals surface area contributed by atoms with E-state index < -0.39 is 29.2 Å². The van der Waals surface area contributed by atoms with E-state index in [0.717, 1.165) is 11.5 Å². The number of β-lactam (4-membered cyclic amide) rings is 1. The molecule has 0 spiro atoms. The molecule has 3 aromatic heterocycles. The van der Waals surface area contributed by atoms with Gasteiger partial charge in [0.05, 0.1) is 0 Å². The Labute approximate surface area is 214 Å². The van der Waals surface area contributed by atoms with E-state index in [9.17, 15) is 19.5 Å². The molecule has 2 atom stereocenters. The average Bonchev–Trinajstić information content (AvgIpc) is 3.51. The maximum atomic E-state index is 12.9. The van der Waals surface area contributed by atoms with E-state index in [-0.39, 0.29) is 22.4 Å². The molecule has 186 valence electrons. The number of anilines is 1. The zero-order valence-corrected chi connectivity index (χ0v) is 20.7. The van der Waals surface area contributed by atoms with Crippen molar-refractivity contribution in [1.82, 2.24) is 39.4 Å². The molecular formula is C18H16N10O5S3. The quantitative estimate of drug-likeness (QED) is 0.140. The van der Waals surface area contributed by atoms with Crippen LogP contribution in [0.3, 0.4) is 0 Å². The third-order valence-electron chi connectivity index (χ3n) is 5.12. The van der Waals surface area contributed by atoms with Crippen molar-refractivity contribution in [2.24, 2.45) is 5.16 Å². The number of amides is 2. The smallest absolute Gasteiger partial charge is 0.352 e. The van der Waals surface area contributed by atoms with Gasteiger partial charge in [-0.05, 0) is 17.7 Å². The number of rotatable bonds is 8. The number of carbonyl (C=O) groups excluding carboxylic acids is 2. The van der Waals surface area contributed by atoms with Gasteiger partial charge in [-0.3, -0.25) is 14.5 Å². The molecule has 3 aromatic rings. The van der Waals surface area contributed by atoms with Gasteiger partial charge < -0.3 is 21.0 Å². The predicted molar refractivity (Wildman–Crippen MR) is 129 cm³/mol. The second-order valence-corrected chi connectivity index (χ2v) is 10.2. The Hall–Kier alpha value is -3.77. The number of thioether (sulfide) groups is 2. The molecule has 2 aliphatic rings. The number of nitrogen functional groups attached to an aromatic ring is 1.